The van der Waals surface area contributed by atoms with E-state index in [1.165, 1.54) is 11.8 Å². The number of hydrogen-bond donors (Lipinski definition) is 2. The molecule has 0 aliphatic carbocycles. The second-order valence-electron chi connectivity index (χ2n) is 7.78. The quantitative estimate of drug-likeness (QED) is 0.251. The van der Waals surface area contributed by atoms with Crippen LogP contribution in [0.15, 0.2) is 29.6 Å². The number of hydrogen-bond acceptors (Lipinski definition) is 10. The van der Waals surface area contributed by atoms with Gasteiger partial charge in [-0.1, -0.05) is 40.7 Å². The van der Waals surface area contributed by atoms with Gasteiger partial charge in [-0.3, -0.25) is 9.59 Å². The molecule has 2 aliphatic rings. The van der Waals surface area contributed by atoms with Gasteiger partial charge >= 0.3 is 5.97 Å². The number of nitrogens with one attached hydrogen (secondary N) is 1. The molecule has 0 radical (unpaired) electrons. The van der Waals surface area contributed by atoms with Crippen LogP contribution in [-0.2, 0) is 24.0 Å². The van der Waals surface area contributed by atoms with Gasteiger partial charge in [-0.2, -0.15) is 0 Å². The summed E-state index contributed by atoms with van der Waals surface area (Å²) in [4.78, 5) is 47.9. The van der Waals surface area contributed by atoms with Crippen LogP contribution >= 0.6 is 34.7 Å². The van der Waals surface area contributed by atoms with Crippen LogP contribution in [0.4, 0.5) is 5.13 Å². The molecule has 32 heavy (non-hydrogen) atoms. The molecule has 1 unspecified atom stereocenters. The van der Waals surface area contributed by atoms with E-state index in [2.05, 4.69) is 22.0 Å². The molecule has 0 bridgehead atoms. The fraction of sp³-hybridized carbons (Fsp3) is 0.421. The van der Waals surface area contributed by atoms with Crippen molar-refractivity contribution in [2.45, 2.75) is 37.8 Å². The molecule has 172 valence electrons. The van der Waals surface area contributed by atoms with Gasteiger partial charge in [-0.05, 0) is 26.3 Å². The first kappa shape index (κ1) is 24.1. The number of nitrogens with two attached hydrogens (primary N) is 1. The van der Waals surface area contributed by atoms with Crippen LogP contribution in [0.2, 0.25) is 4.34 Å². The molecular formula is C19H22ClN5O5S2. The second-order valence-corrected chi connectivity index (χ2v) is 10.5. The standard InChI is InChI=1S/C19H22ClN5O5S2/c1-5-9-6-25-16(28)13(17(25)31-8-9)22-15(27)12(11-14(20)32-18(21)23-11)24-29-7-10(26)30-19(2,3)4/h5-6,13,17H,1,7-8H2,2-4H3,(H2,21,23)(H,22,27)/t13?,17-/m0/s1. The Hall–Kier alpha value is -2.57. The predicted molar refractivity (Wildman–Crippen MR) is 123 cm³/mol. The number of thioether (sulfide) groups is 1. The first-order chi connectivity index (χ1) is 15.0. The van der Waals surface area contributed by atoms with Crippen LogP contribution in [0.5, 0.6) is 0 Å². The Kier molecular flexibility index (Phi) is 7.16. The monoisotopic (exact) mass is 499 g/mol. The summed E-state index contributed by atoms with van der Waals surface area (Å²) in [5.41, 5.74) is 5.59. The number of halogens is 1. The SMILES string of the molecule is C=CC1=CN2C(=O)C(NC(=O)C(=NOCC(=O)OC(C)(C)C)c3nc(N)sc3Cl)[C@@H]2SC1. The van der Waals surface area contributed by atoms with Crippen LogP contribution in [0.3, 0.4) is 0 Å². The van der Waals surface area contributed by atoms with E-state index < -0.39 is 30.1 Å². The van der Waals surface area contributed by atoms with Gasteiger partial charge in [0.1, 0.15) is 27.0 Å². The normalized spacial score (nSPS) is 20.6. The third kappa shape index (κ3) is 5.43. The Bertz CT molecular complexity index is 1020. The summed E-state index contributed by atoms with van der Waals surface area (Å²) in [6.07, 6.45) is 3.40. The lowest BCUT2D eigenvalue weighted by molar-refractivity contribution is -0.160. The molecule has 1 fully saturated rings. The maximum Gasteiger partial charge on any atom is 0.347 e. The summed E-state index contributed by atoms with van der Waals surface area (Å²) in [6, 6.07) is -0.763. The van der Waals surface area contributed by atoms with Gasteiger partial charge in [-0.15, -0.1) is 11.8 Å². The number of anilines is 1. The van der Waals surface area contributed by atoms with Gasteiger partial charge in [-0.25, -0.2) is 9.78 Å². The third-order valence-electron chi connectivity index (χ3n) is 4.15. The van der Waals surface area contributed by atoms with Gasteiger partial charge in [0.15, 0.2) is 10.8 Å². The molecule has 10 nitrogen and oxygen atoms in total. The van der Waals surface area contributed by atoms with Crippen molar-refractivity contribution in [3.8, 4) is 0 Å². The Morgan fingerprint density at radius 3 is 2.81 bits per heavy atom. The number of fused-ring (bicyclic) bond motifs is 1. The van der Waals surface area contributed by atoms with Crippen molar-refractivity contribution in [1.29, 1.82) is 0 Å². The zero-order chi connectivity index (χ0) is 23.6. The van der Waals surface area contributed by atoms with Gasteiger partial charge in [0.2, 0.25) is 6.61 Å². The highest BCUT2D eigenvalue weighted by molar-refractivity contribution is 8.00. The van der Waals surface area contributed by atoms with Crippen LogP contribution in [-0.4, -0.2) is 62.8 Å². The van der Waals surface area contributed by atoms with E-state index in [4.69, 9.17) is 26.9 Å². The lowest BCUT2D eigenvalue weighted by Crippen LogP contribution is -2.69. The molecule has 3 heterocycles. The van der Waals surface area contributed by atoms with E-state index in [-0.39, 0.29) is 32.2 Å². The number of carbonyl (C=O) groups excluding carboxylic acids is 3. The number of nitrogens with zero attached hydrogens (tertiary/aromatic N) is 3. The van der Waals surface area contributed by atoms with Crippen molar-refractivity contribution in [1.82, 2.24) is 15.2 Å². The third-order valence-corrected chi connectivity index (χ3v) is 6.58. The molecule has 0 spiro atoms. The summed E-state index contributed by atoms with van der Waals surface area (Å²) in [6.45, 7) is 8.30. The van der Waals surface area contributed by atoms with E-state index in [1.54, 1.807) is 37.9 Å². The minimum atomic E-state index is -0.763. The van der Waals surface area contributed by atoms with Crippen molar-refractivity contribution in [3.63, 3.8) is 0 Å². The summed E-state index contributed by atoms with van der Waals surface area (Å²) in [5, 5.41) is 6.26. The topological polar surface area (TPSA) is 136 Å². The molecule has 1 saturated heterocycles. The minimum absolute atomic E-state index is 0.00961. The number of amides is 2. The van der Waals surface area contributed by atoms with Gasteiger partial charge in [0, 0.05) is 12.0 Å². The number of ether oxygens (including phenoxy) is 1. The minimum Gasteiger partial charge on any atom is -0.457 e. The number of thiazole rings is 1. The largest absolute Gasteiger partial charge is 0.457 e. The van der Waals surface area contributed by atoms with E-state index in [1.807, 2.05) is 0 Å². The summed E-state index contributed by atoms with van der Waals surface area (Å²) in [7, 11) is 0. The fourth-order valence-corrected chi connectivity index (χ4v) is 5.01. The van der Waals surface area contributed by atoms with E-state index >= 15 is 0 Å². The number of aromatic nitrogens is 1. The molecule has 1 aromatic heterocycles. The molecule has 2 atom stereocenters. The second kappa shape index (κ2) is 9.51. The first-order valence-corrected chi connectivity index (χ1v) is 11.7. The highest BCUT2D eigenvalue weighted by Crippen LogP contribution is 2.36. The number of allylic oxidation sites excluding steroid dienone is 1. The van der Waals surface area contributed by atoms with Crippen molar-refractivity contribution in [2.24, 2.45) is 5.16 Å². The zero-order valence-corrected chi connectivity index (χ0v) is 20.0. The van der Waals surface area contributed by atoms with Crippen LogP contribution in [0.1, 0.15) is 26.5 Å². The molecule has 0 saturated carbocycles. The van der Waals surface area contributed by atoms with E-state index in [0.29, 0.717) is 5.75 Å². The average molecular weight is 500 g/mol. The Labute approximate surface area is 197 Å². The Balaban J connectivity index is 1.74. The van der Waals surface area contributed by atoms with Crippen molar-refractivity contribution < 1.29 is 24.0 Å². The Morgan fingerprint density at radius 2 is 2.22 bits per heavy atom. The number of oxime groups is 1. The highest BCUT2D eigenvalue weighted by Gasteiger charge is 2.49. The molecule has 3 rings (SSSR count). The summed E-state index contributed by atoms with van der Waals surface area (Å²) in [5.74, 6) is -1.01. The van der Waals surface area contributed by atoms with Crippen molar-refractivity contribution >= 4 is 63.3 Å². The number of nitrogen functional groups attached to an aromatic ring is 1. The highest BCUT2D eigenvalue weighted by atomic mass is 35.5. The van der Waals surface area contributed by atoms with Crippen LogP contribution in [0, 0.1) is 0 Å². The predicted octanol–water partition coefficient (Wildman–Crippen LogP) is 1.91. The van der Waals surface area contributed by atoms with Crippen molar-refractivity contribution in [3.05, 3.63) is 34.5 Å². The zero-order valence-electron chi connectivity index (χ0n) is 17.6. The van der Waals surface area contributed by atoms with Gasteiger partial charge in [0.25, 0.3) is 11.8 Å². The van der Waals surface area contributed by atoms with Crippen LogP contribution < -0.4 is 11.1 Å². The average Bonchev–Trinajstić information content (AvgIpc) is 3.04. The fourth-order valence-electron chi connectivity index (χ4n) is 2.83. The van der Waals surface area contributed by atoms with E-state index in [0.717, 1.165) is 16.9 Å². The van der Waals surface area contributed by atoms with Gasteiger partial charge < -0.3 is 25.5 Å². The molecular weight excluding hydrogens is 478 g/mol. The lowest BCUT2D eigenvalue weighted by atomic mass is 10.1. The smallest absolute Gasteiger partial charge is 0.347 e. The lowest BCUT2D eigenvalue weighted by Gasteiger charge is -2.47. The maximum atomic E-state index is 13.0. The molecule has 3 N–H and O–H groups in total. The number of β-lactam (4-membered cyclic amide) rings is 1. The molecule has 2 amide bonds. The maximum absolute atomic E-state index is 13.0. The molecule has 1 aromatic rings. The van der Waals surface area contributed by atoms with E-state index in [9.17, 15) is 14.4 Å². The number of carbonyl (C=O) groups is 3. The molecule has 13 heteroatoms. The summed E-state index contributed by atoms with van der Waals surface area (Å²) >= 11 is 8.59. The first-order valence-electron chi connectivity index (χ1n) is 9.42. The molecule has 2 aliphatic heterocycles. The number of esters is 1. The Morgan fingerprint density at radius 1 is 1.50 bits per heavy atom. The van der Waals surface area contributed by atoms with Crippen LogP contribution in [0.25, 0.3) is 0 Å². The molecule has 0 aromatic carbocycles. The van der Waals surface area contributed by atoms with Gasteiger partial charge in [0.05, 0.1) is 0 Å². The summed E-state index contributed by atoms with van der Waals surface area (Å²) < 4.78 is 5.25. The van der Waals surface area contributed by atoms with Crippen molar-refractivity contribution in [2.75, 3.05) is 18.1 Å². The number of rotatable bonds is 7.